The van der Waals surface area contributed by atoms with E-state index in [1.807, 2.05) is 48.5 Å². The van der Waals surface area contributed by atoms with Gasteiger partial charge in [-0.15, -0.1) is 45.3 Å². The van der Waals surface area contributed by atoms with Crippen molar-refractivity contribution in [1.82, 2.24) is 27.5 Å². The largest absolute Gasteiger partial charge is 0.354 e. The number of aromatic amines is 2. The third-order valence-corrected chi connectivity index (χ3v) is 17.0. The summed E-state index contributed by atoms with van der Waals surface area (Å²) in [5.74, 6) is 0. The molecule has 5 aromatic carbocycles. The Balaban J connectivity index is 0.840. The van der Waals surface area contributed by atoms with Gasteiger partial charge >= 0.3 is 0 Å². The minimum Gasteiger partial charge on any atom is -0.354 e. The molecule has 0 aliphatic heterocycles. The number of rotatable bonds is 6. The number of benzene rings is 5. The topological polar surface area (TPSA) is 117 Å². The zero-order valence-corrected chi connectivity index (χ0v) is 37.6. The Hall–Kier alpha value is -6.52. The fourth-order valence-electron chi connectivity index (χ4n) is 8.57. The lowest BCUT2D eigenvalue weighted by Gasteiger charge is -2.09. The first kappa shape index (κ1) is 37.1. The Morgan fingerprint density at radius 1 is 0.413 bits per heavy atom. The highest BCUT2D eigenvalue weighted by atomic mass is 32.1. The van der Waals surface area contributed by atoms with E-state index in [0.717, 1.165) is 75.0 Å². The second kappa shape index (κ2) is 14.3. The molecule has 0 saturated heterocycles. The van der Waals surface area contributed by atoms with Crippen LogP contribution in [0.3, 0.4) is 0 Å². The Morgan fingerprint density at radius 2 is 0.841 bits per heavy atom. The zero-order chi connectivity index (χ0) is 41.9. The van der Waals surface area contributed by atoms with E-state index >= 15 is 0 Å². The molecule has 0 radical (unpaired) electrons. The summed E-state index contributed by atoms with van der Waals surface area (Å²) in [6.07, 6.45) is 0. The van der Waals surface area contributed by atoms with E-state index in [1.165, 1.54) is 38.1 Å². The summed E-state index contributed by atoms with van der Waals surface area (Å²) in [6, 6.07) is 41.0. The minimum atomic E-state index is -0.0922. The SMILES string of the molecule is Cc1ccc(-c2ccc(-c3ccc(-c4ccc5[nH]c6cc7c(=O)c8cc(-c9ccc(-c%10ccc(-c%11cccs%11)c%11nsnc%10%11)s9)ccc8[nH]c7cc6c(=O)c5c4)s3)c3nsnc23)s1. The first-order valence-electron chi connectivity index (χ1n) is 19.8. The number of nitrogens with one attached hydrogen (secondary N) is 2. The van der Waals surface area contributed by atoms with Gasteiger partial charge < -0.3 is 9.97 Å². The molecule has 0 bridgehead atoms. The van der Waals surface area contributed by atoms with Gasteiger partial charge in [0, 0.05) is 89.0 Å². The summed E-state index contributed by atoms with van der Waals surface area (Å²) in [7, 11) is 0. The molecule has 0 saturated carbocycles. The van der Waals surface area contributed by atoms with Crippen LogP contribution >= 0.6 is 68.8 Å². The van der Waals surface area contributed by atoms with Gasteiger partial charge in [0.2, 0.25) is 0 Å². The van der Waals surface area contributed by atoms with Crippen molar-refractivity contribution in [2.24, 2.45) is 0 Å². The molecule has 8 aromatic heterocycles. The van der Waals surface area contributed by atoms with Gasteiger partial charge in [-0.2, -0.15) is 17.5 Å². The maximum atomic E-state index is 14.3. The number of hydrogen-bond donors (Lipinski definition) is 2. The van der Waals surface area contributed by atoms with E-state index in [2.05, 4.69) is 108 Å². The van der Waals surface area contributed by atoms with E-state index in [4.69, 9.17) is 4.37 Å². The van der Waals surface area contributed by atoms with Gasteiger partial charge in [-0.25, -0.2) is 0 Å². The lowest BCUT2D eigenvalue weighted by molar-refractivity contribution is 1.46. The highest BCUT2D eigenvalue weighted by molar-refractivity contribution is 7.19. The summed E-state index contributed by atoms with van der Waals surface area (Å²) < 4.78 is 18.7. The van der Waals surface area contributed by atoms with Crippen LogP contribution in [0.15, 0.2) is 136 Å². The van der Waals surface area contributed by atoms with Crippen LogP contribution in [0.2, 0.25) is 0 Å². The lowest BCUT2D eigenvalue weighted by atomic mass is 10.0. The van der Waals surface area contributed by atoms with Crippen molar-refractivity contribution < 1.29 is 0 Å². The third-order valence-electron chi connectivity index (χ3n) is 11.6. The molecule has 0 spiro atoms. The Morgan fingerprint density at radius 3 is 1.29 bits per heavy atom. The van der Waals surface area contributed by atoms with Crippen LogP contribution in [0.1, 0.15) is 4.88 Å². The maximum Gasteiger partial charge on any atom is 0.197 e. The molecule has 300 valence electrons. The normalized spacial score (nSPS) is 12.0. The van der Waals surface area contributed by atoms with Crippen LogP contribution in [0.5, 0.6) is 0 Å². The molecule has 8 heterocycles. The number of nitrogens with zero attached hydrogens (tertiary/aromatic N) is 4. The molecule has 13 rings (SSSR count). The van der Waals surface area contributed by atoms with Crippen LogP contribution < -0.4 is 10.9 Å². The number of aryl methyl sites for hydroxylation is 1. The standard InChI is InChI=1S/C49H26N6O2S6/c1-23-4-13-41(59-23)27-9-10-29(47-45(27)53-63-55-47)43-17-15-39(61-43)25-6-12-35-31(20-25)49(57)33-22-36-32(21-37(33)51-35)48(56)30-19-24(5-11-34(30)50-36)38-14-16-42(60-38)28-8-7-26(40-3-2-18-58-40)44-46(28)54-62-52-44/h2-22H,1H3,(H,50,56)(H,51,57). The van der Waals surface area contributed by atoms with Crippen molar-refractivity contribution in [3.63, 3.8) is 0 Å². The second-order valence-corrected chi connectivity index (χ2v) is 20.8. The van der Waals surface area contributed by atoms with E-state index in [-0.39, 0.29) is 10.9 Å². The molecule has 0 aliphatic rings. The Labute approximate surface area is 380 Å². The molecule has 0 unspecified atom stereocenters. The number of pyridine rings is 2. The van der Waals surface area contributed by atoms with Gasteiger partial charge in [0.05, 0.1) is 34.5 Å². The summed E-state index contributed by atoms with van der Waals surface area (Å²) in [5.41, 5.74) is 12.3. The van der Waals surface area contributed by atoms with Crippen LogP contribution in [0.4, 0.5) is 0 Å². The van der Waals surface area contributed by atoms with Gasteiger partial charge in [-0.3, -0.25) is 9.59 Å². The van der Waals surface area contributed by atoms with Crippen molar-refractivity contribution in [2.75, 3.05) is 0 Å². The molecule has 8 nitrogen and oxygen atoms in total. The maximum absolute atomic E-state index is 14.3. The van der Waals surface area contributed by atoms with Gasteiger partial charge in [0.15, 0.2) is 10.9 Å². The number of aromatic nitrogens is 6. The van der Waals surface area contributed by atoms with E-state index in [1.54, 1.807) is 45.3 Å². The van der Waals surface area contributed by atoms with E-state index in [9.17, 15) is 9.59 Å². The predicted molar refractivity (Wildman–Crippen MR) is 269 cm³/mol. The van der Waals surface area contributed by atoms with Gasteiger partial charge in [0.25, 0.3) is 0 Å². The predicted octanol–water partition coefficient (Wildman–Crippen LogP) is 14.2. The number of thiophene rings is 4. The highest BCUT2D eigenvalue weighted by Crippen LogP contribution is 2.43. The molecular formula is C49H26N6O2S6. The highest BCUT2D eigenvalue weighted by Gasteiger charge is 2.19. The zero-order valence-electron chi connectivity index (χ0n) is 32.7. The van der Waals surface area contributed by atoms with E-state index in [0.29, 0.717) is 43.6 Å². The summed E-state index contributed by atoms with van der Waals surface area (Å²) >= 11 is 9.26. The van der Waals surface area contributed by atoms with Crippen molar-refractivity contribution in [3.8, 4) is 62.6 Å². The fraction of sp³-hybridized carbons (Fsp3) is 0.0204. The number of hydrogen-bond acceptors (Lipinski definition) is 12. The minimum absolute atomic E-state index is 0.0920. The molecule has 0 aliphatic carbocycles. The summed E-state index contributed by atoms with van der Waals surface area (Å²) in [4.78, 5) is 43.4. The quantitative estimate of drug-likeness (QED) is 0.160. The van der Waals surface area contributed by atoms with Crippen LogP contribution in [0.25, 0.3) is 128 Å². The molecule has 0 amide bonds. The molecular weight excluding hydrogens is 897 g/mol. The fourth-order valence-corrected chi connectivity index (χ4v) is 13.4. The Bertz CT molecular complexity index is 4130. The smallest absolute Gasteiger partial charge is 0.197 e. The molecule has 0 atom stereocenters. The van der Waals surface area contributed by atoms with Gasteiger partial charge in [0.1, 0.15) is 22.1 Å². The summed E-state index contributed by atoms with van der Waals surface area (Å²) in [5, 5.41) is 4.28. The average Bonchev–Trinajstić information content (AvgIpc) is 4.17. The van der Waals surface area contributed by atoms with E-state index < -0.39 is 0 Å². The first-order valence-corrected chi connectivity index (χ1v) is 24.6. The van der Waals surface area contributed by atoms with Crippen LogP contribution in [-0.2, 0) is 0 Å². The molecule has 14 heteroatoms. The monoisotopic (exact) mass is 922 g/mol. The van der Waals surface area contributed by atoms with Crippen molar-refractivity contribution >= 4 is 134 Å². The summed E-state index contributed by atoms with van der Waals surface area (Å²) in [6.45, 7) is 2.11. The number of H-pyrrole nitrogens is 2. The Kier molecular flexibility index (Phi) is 8.39. The molecule has 0 fully saturated rings. The van der Waals surface area contributed by atoms with Crippen LogP contribution in [0, 0.1) is 6.92 Å². The van der Waals surface area contributed by atoms with Crippen LogP contribution in [-0.4, -0.2) is 27.5 Å². The van der Waals surface area contributed by atoms with Crippen molar-refractivity contribution in [1.29, 1.82) is 0 Å². The molecule has 63 heavy (non-hydrogen) atoms. The average molecular weight is 923 g/mol. The second-order valence-electron chi connectivity index (χ2n) is 15.3. The van der Waals surface area contributed by atoms with Gasteiger partial charge in [-0.05, 0) is 102 Å². The number of fused-ring (bicyclic) bond motifs is 6. The lowest BCUT2D eigenvalue weighted by Crippen LogP contribution is -2.08. The molecule has 2 N–H and O–H groups in total. The van der Waals surface area contributed by atoms with Crippen molar-refractivity contribution in [3.05, 3.63) is 152 Å². The first-order chi connectivity index (χ1) is 30.9. The third kappa shape index (κ3) is 5.94. The van der Waals surface area contributed by atoms with Crippen molar-refractivity contribution in [2.45, 2.75) is 6.92 Å². The van der Waals surface area contributed by atoms with Gasteiger partial charge in [-0.1, -0.05) is 42.5 Å². The molecule has 13 aromatic rings.